The fraction of sp³-hybridized carbons (Fsp3) is 0.222. The van der Waals surface area contributed by atoms with Crippen LogP contribution in [0.1, 0.15) is 0 Å². The molecule has 0 fully saturated rings. The summed E-state index contributed by atoms with van der Waals surface area (Å²) in [6.45, 7) is 1.37. The Labute approximate surface area is 151 Å². The van der Waals surface area contributed by atoms with E-state index in [-0.39, 0.29) is 10.8 Å². The Morgan fingerprint density at radius 2 is 2.04 bits per heavy atom. The zero-order valence-corrected chi connectivity index (χ0v) is 14.8. The lowest BCUT2D eigenvalue weighted by molar-refractivity contribution is 0.263. The zero-order chi connectivity index (χ0) is 17.8. The molecule has 3 aromatic rings. The van der Waals surface area contributed by atoms with Gasteiger partial charge in [0.25, 0.3) is 0 Å². The number of benzene rings is 2. The normalized spacial score (nSPS) is 11.0. The molecule has 0 amide bonds. The summed E-state index contributed by atoms with van der Waals surface area (Å²) in [4.78, 5) is 10.7. The van der Waals surface area contributed by atoms with E-state index in [0.717, 1.165) is 17.4 Å². The number of aromatic hydroxyl groups is 1. The lowest BCUT2D eigenvalue weighted by atomic mass is 10.2. The third kappa shape index (κ3) is 4.10. The number of phenols is 1. The summed E-state index contributed by atoms with van der Waals surface area (Å²) in [5.74, 6) is 1.37. The van der Waals surface area contributed by atoms with Crippen molar-refractivity contribution in [2.24, 2.45) is 0 Å². The number of halogens is 1. The van der Waals surface area contributed by atoms with Crippen LogP contribution in [0, 0.1) is 0 Å². The molecule has 2 aromatic carbocycles. The molecule has 0 atom stereocenters. The number of nitrogens with one attached hydrogen (secondary N) is 1. The maximum atomic E-state index is 9.56. The van der Waals surface area contributed by atoms with Crippen LogP contribution in [-0.2, 0) is 0 Å². The summed E-state index contributed by atoms with van der Waals surface area (Å²) in [5, 5.41) is 13.8. The SMILES string of the molecule is CN(C)CCOc1cccc2ncnc(Nc3ccc(O)c(Cl)c3)c12. The van der Waals surface area contributed by atoms with Crippen molar-refractivity contribution < 1.29 is 9.84 Å². The van der Waals surface area contributed by atoms with Crippen LogP contribution >= 0.6 is 11.6 Å². The number of fused-ring (bicyclic) bond motifs is 1. The van der Waals surface area contributed by atoms with Gasteiger partial charge in [-0.2, -0.15) is 0 Å². The average molecular weight is 359 g/mol. The van der Waals surface area contributed by atoms with Gasteiger partial charge in [-0.3, -0.25) is 0 Å². The minimum absolute atomic E-state index is 0.0347. The largest absolute Gasteiger partial charge is 0.506 e. The summed E-state index contributed by atoms with van der Waals surface area (Å²) >= 11 is 5.98. The first-order valence-corrected chi connectivity index (χ1v) is 8.19. The van der Waals surface area contributed by atoms with E-state index in [2.05, 4.69) is 20.2 Å². The van der Waals surface area contributed by atoms with Crippen LogP contribution in [0.2, 0.25) is 5.02 Å². The molecule has 25 heavy (non-hydrogen) atoms. The summed E-state index contributed by atoms with van der Waals surface area (Å²) in [6.07, 6.45) is 1.50. The monoisotopic (exact) mass is 358 g/mol. The number of aromatic nitrogens is 2. The van der Waals surface area contributed by atoms with Gasteiger partial charge in [0, 0.05) is 12.2 Å². The number of hydrogen-bond acceptors (Lipinski definition) is 6. The Morgan fingerprint density at radius 1 is 1.20 bits per heavy atom. The number of hydrogen-bond donors (Lipinski definition) is 2. The van der Waals surface area contributed by atoms with Gasteiger partial charge in [0.2, 0.25) is 0 Å². The van der Waals surface area contributed by atoms with Crippen LogP contribution in [0.3, 0.4) is 0 Å². The molecule has 0 spiro atoms. The third-order valence-electron chi connectivity index (χ3n) is 3.63. The van der Waals surface area contributed by atoms with Gasteiger partial charge >= 0.3 is 0 Å². The average Bonchev–Trinajstić information content (AvgIpc) is 2.58. The van der Waals surface area contributed by atoms with Gasteiger partial charge < -0.3 is 20.1 Å². The molecule has 0 aliphatic rings. The molecule has 130 valence electrons. The van der Waals surface area contributed by atoms with Crippen LogP contribution in [0.25, 0.3) is 10.9 Å². The highest BCUT2D eigenvalue weighted by molar-refractivity contribution is 6.32. The van der Waals surface area contributed by atoms with Crippen molar-refractivity contribution in [1.29, 1.82) is 0 Å². The van der Waals surface area contributed by atoms with Crippen LogP contribution < -0.4 is 10.1 Å². The smallest absolute Gasteiger partial charge is 0.145 e. The van der Waals surface area contributed by atoms with Gasteiger partial charge in [-0.25, -0.2) is 9.97 Å². The van der Waals surface area contributed by atoms with Crippen molar-refractivity contribution in [3.63, 3.8) is 0 Å². The summed E-state index contributed by atoms with van der Waals surface area (Å²) < 4.78 is 5.92. The van der Waals surface area contributed by atoms with Gasteiger partial charge in [0.1, 0.15) is 30.3 Å². The number of phenolic OH excluding ortho intramolecular Hbond substituents is 1. The van der Waals surface area contributed by atoms with Crippen LogP contribution in [-0.4, -0.2) is 47.2 Å². The lowest BCUT2D eigenvalue weighted by Crippen LogP contribution is -2.19. The Kier molecular flexibility index (Phi) is 5.21. The minimum atomic E-state index is 0.0347. The Morgan fingerprint density at radius 3 is 2.80 bits per heavy atom. The molecule has 6 nitrogen and oxygen atoms in total. The first-order chi connectivity index (χ1) is 12.0. The first kappa shape index (κ1) is 17.3. The number of ether oxygens (including phenoxy) is 1. The second kappa shape index (κ2) is 7.55. The number of nitrogens with zero attached hydrogens (tertiary/aromatic N) is 3. The molecule has 7 heteroatoms. The van der Waals surface area contributed by atoms with E-state index in [1.807, 2.05) is 32.3 Å². The van der Waals surface area contributed by atoms with E-state index >= 15 is 0 Å². The van der Waals surface area contributed by atoms with Crippen molar-refractivity contribution >= 4 is 34.0 Å². The van der Waals surface area contributed by atoms with Gasteiger partial charge in [-0.05, 0) is 44.4 Å². The fourth-order valence-corrected chi connectivity index (χ4v) is 2.53. The Balaban J connectivity index is 1.95. The summed E-state index contributed by atoms with van der Waals surface area (Å²) in [6, 6.07) is 10.6. The van der Waals surface area contributed by atoms with Crippen LogP contribution in [0.4, 0.5) is 11.5 Å². The minimum Gasteiger partial charge on any atom is -0.506 e. The highest BCUT2D eigenvalue weighted by Gasteiger charge is 2.11. The van der Waals surface area contributed by atoms with Gasteiger partial charge in [0.15, 0.2) is 0 Å². The van der Waals surface area contributed by atoms with E-state index in [1.54, 1.807) is 12.1 Å². The van der Waals surface area contributed by atoms with Crippen molar-refractivity contribution in [2.45, 2.75) is 0 Å². The van der Waals surface area contributed by atoms with E-state index in [1.165, 1.54) is 12.4 Å². The molecule has 0 aliphatic carbocycles. The van der Waals surface area contributed by atoms with Crippen LogP contribution in [0.5, 0.6) is 11.5 Å². The Hall–Kier alpha value is -2.57. The highest BCUT2D eigenvalue weighted by atomic mass is 35.5. The maximum absolute atomic E-state index is 9.56. The van der Waals surface area contributed by atoms with E-state index in [9.17, 15) is 5.11 Å². The summed E-state index contributed by atoms with van der Waals surface area (Å²) in [5.41, 5.74) is 1.50. The van der Waals surface area contributed by atoms with E-state index < -0.39 is 0 Å². The molecular formula is C18H19ClN4O2. The van der Waals surface area contributed by atoms with Gasteiger partial charge in [0.05, 0.1) is 15.9 Å². The molecule has 0 saturated carbocycles. The maximum Gasteiger partial charge on any atom is 0.145 e. The van der Waals surface area contributed by atoms with Gasteiger partial charge in [-0.1, -0.05) is 17.7 Å². The molecule has 3 rings (SSSR count). The molecule has 0 unspecified atom stereocenters. The van der Waals surface area contributed by atoms with Crippen molar-refractivity contribution in [2.75, 3.05) is 32.6 Å². The molecule has 0 aliphatic heterocycles. The molecule has 1 heterocycles. The topological polar surface area (TPSA) is 70.5 Å². The second-order valence-corrected chi connectivity index (χ2v) is 6.22. The number of rotatable bonds is 6. The second-order valence-electron chi connectivity index (χ2n) is 5.82. The van der Waals surface area contributed by atoms with Crippen molar-refractivity contribution in [1.82, 2.24) is 14.9 Å². The molecule has 0 radical (unpaired) electrons. The molecule has 0 bridgehead atoms. The van der Waals surface area contributed by atoms with Crippen LogP contribution in [0.15, 0.2) is 42.7 Å². The predicted octanol–water partition coefficient (Wildman–Crippen LogP) is 3.67. The Bertz CT molecular complexity index is 881. The van der Waals surface area contributed by atoms with E-state index in [0.29, 0.717) is 23.9 Å². The quantitative estimate of drug-likeness (QED) is 0.655. The molecular weight excluding hydrogens is 340 g/mol. The lowest BCUT2D eigenvalue weighted by Gasteiger charge is -2.15. The van der Waals surface area contributed by atoms with E-state index in [4.69, 9.17) is 16.3 Å². The van der Waals surface area contributed by atoms with Crippen molar-refractivity contribution in [3.8, 4) is 11.5 Å². The highest BCUT2D eigenvalue weighted by Crippen LogP contribution is 2.33. The number of anilines is 2. The van der Waals surface area contributed by atoms with Crippen molar-refractivity contribution in [3.05, 3.63) is 47.7 Å². The number of likely N-dealkylation sites (N-methyl/N-ethyl adjacent to an activating group) is 1. The first-order valence-electron chi connectivity index (χ1n) is 7.81. The zero-order valence-electron chi connectivity index (χ0n) is 14.0. The molecule has 0 saturated heterocycles. The molecule has 1 aromatic heterocycles. The molecule has 2 N–H and O–H groups in total. The fourth-order valence-electron chi connectivity index (χ4n) is 2.35. The van der Waals surface area contributed by atoms with Gasteiger partial charge in [-0.15, -0.1) is 0 Å². The predicted molar refractivity (Wildman–Crippen MR) is 100.0 cm³/mol. The standard InChI is InChI=1S/C18H19ClN4O2/c1-23(2)8-9-25-16-5-3-4-14-17(16)18(21-11-20-14)22-12-6-7-15(24)13(19)10-12/h3-7,10-11,24H,8-9H2,1-2H3,(H,20,21,22). The third-order valence-corrected chi connectivity index (χ3v) is 3.93. The summed E-state index contributed by atoms with van der Waals surface area (Å²) in [7, 11) is 3.99.